The van der Waals surface area contributed by atoms with Gasteiger partial charge in [0.2, 0.25) is 0 Å². The van der Waals surface area contributed by atoms with E-state index in [2.05, 4.69) is 13.0 Å². The molecular weight excluding hydrogens is 335 g/mol. The Morgan fingerprint density at radius 2 is 1.84 bits per heavy atom. The molecule has 1 atom stereocenters. The third kappa shape index (κ3) is 4.22. The molecule has 0 saturated heterocycles. The van der Waals surface area contributed by atoms with Crippen molar-refractivity contribution in [3.05, 3.63) is 34.6 Å². The van der Waals surface area contributed by atoms with Gasteiger partial charge < -0.3 is 4.74 Å². The summed E-state index contributed by atoms with van der Waals surface area (Å²) < 4.78 is 19.7. The highest BCUT2D eigenvalue weighted by molar-refractivity contribution is 6.32. The Morgan fingerprint density at radius 3 is 2.44 bits per heavy atom. The third-order valence-corrected chi connectivity index (χ3v) is 6.65. The van der Waals surface area contributed by atoms with Gasteiger partial charge in [0.1, 0.15) is 0 Å². The standard InChI is InChI=1S/C22H30ClFO/c1-3-15-5-7-16(8-6-15)17-9-11-18(12-10-17)19-13-14-20(25-4-2)22(24)21(19)23/h11,13-17H,3-10,12H2,1-2H3. The molecule has 1 unspecified atom stereocenters. The van der Waals surface area contributed by atoms with Gasteiger partial charge in [0.15, 0.2) is 11.6 Å². The second-order valence-corrected chi connectivity index (χ2v) is 8.00. The Morgan fingerprint density at radius 1 is 1.08 bits per heavy atom. The lowest BCUT2D eigenvalue weighted by Crippen LogP contribution is -2.23. The van der Waals surface area contributed by atoms with Crippen molar-refractivity contribution in [2.75, 3.05) is 6.61 Å². The van der Waals surface area contributed by atoms with Crippen LogP contribution >= 0.6 is 11.6 Å². The molecule has 0 radical (unpaired) electrons. The summed E-state index contributed by atoms with van der Waals surface area (Å²) in [6, 6.07) is 3.62. The zero-order valence-corrected chi connectivity index (χ0v) is 16.2. The maximum absolute atomic E-state index is 14.4. The molecule has 0 N–H and O–H groups in total. The average molecular weight is 365 g/mol. The minimum atomic E-state index is -0.429. The van der Waals surface area contributed by atoms with Crippen LogP contribution in [0.15, 0.2) is 18.2 Å². The molecule has 1 fully saturated rings. The molecule has 1 aromatic rings. The van der Waals surface area contributed by atoms with Crippen molar-refractivity contribution in [2.45, 2.75) is 65.2 Å². The lowest BCUT2D eigenvalue weighted by Gasteiger charge is -2.35. The maximum Gasteiger partial charge on any atom is 0.184 e. The fraction of sp³-hybridized carbons (Fsp3) is 0.636. The fourth-order valence-corrected chi connectivity index (χ4v) is 4.92. The zero-order valence-electron chi connectivity index (χ0n) is 15.5. The number of halogens is 2. The molecule has 0 aromatic heterocycles. The first-order valence-electron chi connectivity index (χ1n) is 9.94. The summed E-state index contributed by atoms with van der Waals surface area (Å²) in [7, 11) is 0. The lowest BCUT2D eigenvalue weighted by molar-refractivity contribution is 0.192. The molecule has 0 heterocycles. The first kappa shape index (κ1) is 18.8. The number of benzene rings is 1. The molecule has 0 spiro atoms. The van der Waals surface area contributed by atoms with E-state index < -0.39 is 5.82 Å². The summed E-state index contributed by atoms with van der Waals surface area (Å²) in [6.07, 6.45) is 12.6. The van der Waals surface area contributed by atoms with E-state index >= 15 is 0 Å². The molecule has 2 aliphatic rings. The summed E-state index contributed by atoms with van der Waals surface area (Å²) in [5.41, 5.74) is 2.04. The Labute approximate surface area is 156 Å². The van der Waals surface area contributed by atoms with Crippen LogP contribution in [0.3, 0.4) is 0 Å². The van der Waals surface area contributed by atoms with Gasteiger partial charge in [-0.1, -0.05) is 43.9 Å². The molecule has 3 rings (SSSR count). The quantitative estimate of drug-likeness (QED) is 0.533. The van der Waals surface area contributed by atoms with Gasteiger partial charge >= 0.3 is 0 Å². The molecule has 0 bridgehead atoms. The number of allylic oxidation sites excluding steroid dienone is 2. The molecule has 0 aliphatic heterocycles. The Bertz CT molecular complexity index is 617. The van der Waals surface area contributed by atoms with Gasteiger partial charge in [0.05, 0.1) is 11.6 Å². The molecule has 25 heavy (non-hydrogen) atoms. The van der Waals surface area contributed by atoms with Gasteiger partial charge in [-0.15, -0.1) is 0 Å². The average Bonchev–Trinajstić information content (AvgIpc) is 2.66. The van der Waals surface area contributed by atoms with Crippen LogP contribution in [0.5, 0.6) is 5.75 Å². The minimum absolute atomic E-state index is 0.208. The monoisotopic (exact) mass is 364 g/mol. The second-order valence-electron chi connectivity index (χ2n) is 7.63. The third-order valence-electron chi connectivity index (χ3n) is 6.28. The smallest absolute Gasteiger partial charge is 0.184 e. The van der Waals surface area contributed by atoms with Gasteiger partial charge in [-0.25, -0.2) is 4.39 Å². The van der Waals surface area contributed by atoms with Gasteiger partial charge in [-0.05, 0) is 80.1 Å². The molecule has 3 heteroatoms. The molecule has 1 saturated carbocycles. The summed E-state index contributed by atoms with van der Waals surface area (Å²) in [5, 5.41) is 0.208. The number of ether oxygens (including phenoxy) is 1. The van der Waals surface area contributed by atoms with Crippen LogP contribution in [0.4, 0.5) is 4.39 Å². The SMILES string of the molecule is CCOc1ccc(C2=CCC(C3CCC(CC)CC3)CC2)c(Cl)c1F. The van der Waals surface area contributed by atoms with Crippen LogP contribution in [0, 0.1) is 23.6 Å². The molecule has 1 aromatic carbocycles. The van der Waals surface area contributed by atoms with Crippen molar-refractivity contribution in [1.29, 1.82) is 0 Å². The van der Waals surface area contributed by atoms with E-state index in [0.29, 0.717) is 6.61 Å². The van der Waals surface area contributed by atoms with Crippen molar-refractivity contribution >= 4 is 17.2 Å². The predicted molar refractivity (Wildman–Crippen MR) is 104 cm³/mol. The van der Waals surface area contributed by atoms with Crippen molar-refractivity contribution in [1.82, 2.24) is 0 Å². The van der Waals surface area contributed by atoms with Crippen LogP contribution in [-0.4, -0.2) is 6.61 Å². The van der Waals surface area contributed by atoms with Gasteiger partial charge in [0, 0.05) is 0 Å². The van der Waals surface area contributed by atoms with Crippen LogP contribution in [-0.2, 0) is 0 Å². The highest BCUT2D eigenvalue weighted by Gasteiger charge is 2.28. The number of rotatable bonds is 5. The molecule has 0 amide bonds. The van der Waals surface area contributed by atoms with E-state index in [1.54, 1.807) is 6.07 Å². The Balaban J connectivity index is 1.66. The van der Waals surface area contributed by atoms with E-state index in [0.717, 1.165) is 36.2 Å². The van der Waals surface area contributed by atoms with E-state index in [1.807, 2.05) is 13.0 Å². The Hall–Kier alpha value is -1.02. The van der Waals surface area contributed by atoms with Gasteiger partial charge in [-0.3, -0.25) is 0 Å². The van der Waals surface area contributed by atoms with Crippen LogP contribution in [0.2, 0.25) is 5.02 Å². The van der Waals surface area contributed by atoms with E-state index in [1.165, 1.54) is 44.1 Å². The van der Waals surface area contributed by atoms with Gasteiger partial charge in [-0.2, -0.15) is 0 Å². The topological polar surface area (TPSA) is 9.23 Å². The highest BCUT2D eigenvalue weighted by Crippen LogP contribution is 2.43. The molecule has 138 valence electrons. The molecule has 2 aliphatic carbocycles. The Kier molecular flexibility index (Phi) is 6.44. The molecule has 1 nitrogen and oxygen atoms in total. The van der Waals surface area contributed by atoms with Crippen molar-refractivity contribution < 1.29 is 9.13 Å². The van der Waals surface area contributed by atoms with Crippen LogP contribution < -0.4 is 4.74 Å². The summed E-state index contributed by atoms with van der Waals surface area (Å²) in [5.74, 6) is 2.46. The number of hydrogen-bond acceptors (Lipinski definition) is 1. The van der Waals surface area contributed by atoms with E-state index in [-0.39, 0.29) is 10.8 Å². The normalized spacial score (nSPS) is 27.0. The van der Waals surface area contributed by atoms with E-state index in [9.17, 15) is 4.39 Å². The second kappa shape index (κ2) is 8.58. The highest BCUT2D eigenvalue weighted by atomic mass is 35.5. The van der Waals surface area contributed by atoms with Crippen molar-refractivity contribution in [3.8, 4) is 5.75 Å². The van der Waals surface area contributed by atoms with Crippen LogP contribution in [0.25, 0.3) is 5.57 Å². The largest absolute Gasteiger partial charge is 0.491 e. The summed E-state index contributed by atoms with van der Waals surface area (Å²) in [4.78, 5) is 0. The van der Waals surface area contributed by atoms with Gasteiger partial charge in [0.25, 0.3) is 0 Å². The number of hydrogen-bond donors (Lipinski definition) is 0. The minimum Gasteiger partial charge on any atom is -0.491 e. The van der Waals surface area contributed by atoms with Crippen molar-refractivity contribution in [2.24, 2.45) is 17.8 Å². The first-order valence-corrected chi connectivity index (χ1v) is 10.3. The summed E-state index contributed by atoms with van der Waals surface area (Å²) >= 11 is 6.29. The first-order chi connectivity index (χ1) is 12.1. The maximum atomic E-state index is 14.4. The molecular formula is C22H30ClFO. The predicted octanol–water partition coefficient (Wildman–Crippen LogP) is 7.28. The lowest BCUT2D eigenvalue weighted by atomic mass is 9.70. The summed E-state index contributed by atoms with van der Waals surface area (Å²) in [6.45, 7) is 4.61. The van der Waals surface area contributed by atoms with Crippen molar-refractivity contribution in [3.63, 3.8) is 0 Å². The van der Waals surface area contributed by atoms with E-state index in [4.69, 9.17) is 16.3 Å². The van der Waals surface area contributed by atoms with Crippen LogP contribution in [0.1, 0.15) is 70.8 Å². The fourth-order valence-electron chi connectivity index (χ4n) is 4.64. The zero-order chi connectivity index (χ0) is 17.8.